The van der Waals surface area contributed by atoms with Gasteiger partial charge in [0, 0.05) is 23.6 Å². The third kappa shape index (κ3) is 5.53. The molecule has 0 fully saturated rings. The van der Waals surface area contributed by atoms with E-state index in [2.05, 4.69) is 10.3 Å². The summed E-state index contributed by atoms with van der Waals surface area (Å²) in [5.74, 6) is 0.462. The van der Waals surface area contributed by atoms with Gasteiger partial charge in [0.1, 0.15) is 11.8 Å². The van der Waals surface area contributed by atoms with Gasteiger partial charge in [0.05, 0.1) is 10.7 Å². The molecule has 0 bridgehead atoms. The summed E-state index contributed by atoms with van der Waals surface area (Å²) in [6.07, 6.45) is 3.23. The summed E-state index contributed by atoms with van der Waals surface area (Å²) < 4.78 is 5.19. The Balaban J connectivity index is 1.50. The molecule has 1 heterocycles. The molecule has 2 aromatic carbocycles. The first-order valence-electron chi connectivity index (χ1n) is 8.71. The van der Waals surface area contributed by atoms with Crippen molar-refractivity contribution in [3.8, 4) is 23.1 Å². The van der Waals surface area contributed by atoms with Crippen LogP contribution in [0.25, 0.3) is 17.3 Å². The molecule has 0 atom stereocenters. The Kier molecular flexibility index (Phi) is 6.55. The number of nitrogens with one attached hydrogen (secondary N) is 1. The number of ether oxygens (including phenoxy) is 1. The number of aryl methyl sites for hydroxylation is 1. The van der Waals surface area contributed by atoms with E-state index >= 15 is 0 Å². The van der Waals surface area contributed by atoms with Crippen molar-refractivity contribution in [2.45, 2.75) is 13.5 Å². The van der Waals surface area contributed by atoms with Crippen LogP contribution < -0.4 is 10.1 Å². The molecule has 1 amide bonds. The van der Waals surface area contributed by atoms with E-state index in [-0.39, 0.29) is 12.5 Å². The molecule has 0 radical (unpaired) electrons. The first kappa shape index (κ1) is 19.3. The molecule has 0 aliphatic heterocycles. The van der Waals surface area contributed by atoms with Crippen molar-refractivity contribution in [3.05, 3.63) is 76.1 Å². The number of thiazole rings is 1. The maximum absolute atomic E-state index is 12.0. The first-order chi connectivity index (χ1) is 13.6. The highest BCUT2D eigenvalue weighted by atomic mass is 32.1. The third-order valence-corrected chi connectivity index (χ3v) is 4.72. The van der Waals surface area contributed by atoms with Gasteiger partial charge in [-0.1, -0.05) is 36.4 Å². The predicted octanol–water partition coefficient (Wildman–Crippen LogP) is 4.35. The summed E-state index contributed by atoms with van der Waals surface area (Å²) in [5, 5.41) is 14.5. The van der Waals surface area contributed by atoms with E-state index in [1.54, 1.807) is 29.5 Å². The van der Waals surface area contributed by atoms with E-state index in [1.165, 1.54) is 6.08 Å². The number of hydrogen-bond donors (Lipinski definition) is 1. The number of aromatic nitrogens is 1. The lowest BCUT2D eigenvalue weighted by Crippen LogP contribution is -2.20. The quantitative estimate of drug-likeness (QED) is 0.610. The number of amides is 1. The Morgan fingerprint density at radius 3 is 2.61 bits per heavy atom. The number of hydrogen-bond acceptors (Lipinski definition) is 5. The molecule has 0 aliphatic carbocycles. The minimum absolute atomic E-state index is 0.0159. The van der Waals surface area contributed by atoms with Gasteiger partial charge >= 0.3 is 0 Å². The average Bonchev–Trinajstić information content (AvgIpc) is 3.16. The van der Waals surface area contributed by atoms with Gasteiger partial charge in [-0.15, -0.1) is 11.3 Å². The summed E-state index contributed by atoms with van der Waals surface area (Å²) in [4.78, 5) is 16.5. The second-order valence-electron chi connectivity index (χ2n) is 6.02. The van der Waals surface area contributed by atoms with Crippen LogP contribution in [-0.2, 0) is 11.3 Å². The zero-order chi connectivity index (χ0) is 19.8. The minimum atomic E-state index is -0.163. The lowest BCUT2D eigenvalue weighted by Gasteiger charge is -2.04. The Hall–Kier alpha value is -3.43. The Labute approximate surface area is 167 Å². The van der Waals surface area contributed by atoms with Crippen molar-refractivity contribution in [2.24, 2.45) is 0 Å². The van der Waals surface area contributed by atoms with Crippen LogP contribution in [0.5, 0.6) is 5.75 Å². The van der Waals surface area contributed by atoms with Crippen LogP contribution in [-0.4, -0.2) is 17.5 Å². The molecule has 5 nitrogen and oxygen atoms in total. The van der Waals surface area contributed by atoms with Crippen molar-refractivity contribution in [1.82, 2.24) is 10.3 Å². The Morgan fingerprint density at radius 1 is 1.21 bits per heavy atom. The van der Waals surface area contributed by atoms with E-state index < -0.39 is 0 Å². The molecule has 6 heteroatoms. The highest BCUT2D eigenvalue weighted by Crippen LogP contribution is 2.21. The van der Waals surface area contributed by atoms with Crippen LogP contribution in [0.2, 0.25) is 0 Å². The molecule has 0 spiro atoms. The molecule has 0 saturated heterocycles. The zero-order valence-electron chi connectivity index (χ0n) is 15.4. The van der Waals surface area contributed by atoms with Crippen LogP contribution in [0, 0.1) is 18.3 Å². The summed E-state index contributed by atoms with van der Waals surface area (Å²) in [5.41, 5.74) is 3.95. The number of carbonyl (C=O) groups is 1. The molecular formula is C22H19N3O2S. The molecule has 1 N–H and O–H groups in total. The van der Waals surface area contributed by atoms with E-state index in [1.807, 2.05) is 54.8 Å². The Morgan fingerprint density at radius 2 is 1.96 bits per heavy atom. The summed E-state index contributed by atoms with van der Waals surface area (Å²) in [6, 6.07) is 17.1. The van der Waals surface area contributed by atoms with Gasteiger partial charge in [0.15, 0.2) is 6.61 Å². The van der Waals surface area contributed by atoms with Crippen molar-refractivity contribution < 1.29 is 9.53 Å². The van der Waals surface area contributed by atoms with Gasteiger partial charge in [-0.2, -0.15) is 5.26 Å². The van der Waals surface area contributed by atoms with Gasteiger partial charge in [0.25, 0.3) is 0 Å². The second-order valence-corrected chi connectivity index (χ2v) is 7.08. The average molecular weight is 389 g/mol. The summed E-state index contributed by atoms with van der Waals surface area (Å²) >= 11 is 1.63. The SMILES string of the molecule is Cc1nc(-c2ccc(CNC(=O)/C=C/c3ccc(OCC#N)cc3)cc2)cs1. The van der Waals surface area contributed by atoms with Gasteiger partial charge < -0.3 is 10.1 Å². The number of carbonyl (C=O) groups excluding carboxylic acids is 1. The first-order valence-corrected chi connectivity index (χ1v) is 9.59. The summed E-state index contributed by atoms with van der Waals surface area (Å²) in [6.45, 7) is 2.46. The second kappa shape index (κ2) is 9.49. The normalized spacial score (nSPS) is 10.6. The number of nitriles is 1. The monoisotopic (exact) mass is 389 g/mol. The van der Waals surface area contributed by atoms with Crippen LogP contribution in [0.3, 0.4) is 0 Å². The Bertz CT molecular complexity index is 1000. The number of nitrogens with zero attached hydrogens (tertiary/aromatic N) is 2. The smallest absolute Gasteiger partial charge is 0.244 e. The lowest BCUT2D eigenvalue weighted by atomic mass is 10.1. The molecule has 3 aromatic rings. The van der Waals surface area contributed by atoms with Crippen molar-refractivity contribution in [2.75, 3.05) is 6.61 Å². The van der Waals surface area contributed by atoms with Gasteiger partial charge in [0.2, 0.25) is 5.91 Å². The van der Waals surface area contributed by atoms with Gasteiger partial charge in [-0.3, -0.25) is 4.79 Å². The largest absolute Gasteiger partial charge is 0.479 e. The van der Waals surface area contributed by atoms with E-state index in [9.17, 15) is 4.79 Å². The molecular weight excluding hydrogens is 370 g/mol. The maximum Gasteiger partial charge on any atom is 0.244 e. The van der Waals surface area contributed by atoms with Gasteiger partial charge in [-0.25, -0.2) is 4.98 Å². The van der Waals surface area contributed by atoms with Crippen LogP contribution in [0.15, 0.2) is 60.0 Å². The number of benzene rings is 2. The standard InChI is InChI=1S/C22H19N3O2S/c1-16-25-21(15-28-16)19-7-2-18(3-8-19)14-24-22(26)11-6-17-4-9-20(10-5-17)27-13-12-23/h2-11,15H,13-14H2,1H3,(H,24,26)/b11-6+. The molecule has 0 unspecified atom stereocenters. The van der Waals surface area contributed by atoms with E-state index in [0.29, 0.717) is 12.3 Å². The fraction of sp³-hybridized carbons (Fsp3) is 0.136. The van der Waals surface area contributed by atoms with Crippen LogP contribution >= 0.6 is 11.3 Å². The van der Waals surface area contributed by atoms with E-state index in [0.717, 1.165) is 27.4 Å². The lowest BCUT2D eigenvalue weighted by molar-refractivity contribution is -0.116. The third-order valence-electron chi connectivity index (χ3n) is 3.95. The molecule has 1 aromatic heterocycles. The molecule has 0 saturated carbocycles. The minimum Gasteiger partial charge on any atom is -0.479 e. The van der Waals surface area contributed by atoms with Gasteiger partial charge in [-0.05, 0) is 36.3 Å². The zero-order valence-corrected chi connectivity index (χ0v) is 16.2. The fourth-order valence-electron chi connectivity index (χ4n) is 2.50. The molecule has 3 rings (SSSR count). The fourth-order valence-corrected chi connectivity index (χ4v) is 3.12. The maximum atomic E-state index is 12.0. The topological polar surface area (TPSA) is 75.0 Å². The predicted molar refractivity (Wildman–Crippen MR) is 111 cm³/mol. The van der Waals surface area contributed by atoms with Crippen molar-refractivity contribution >= 4 is 23.3 Å². The summed E-state index contributed by atoms with van der Waals surface area (Å²) in [7, 11) is 0. The van der Waals surface area contributed by atoms with Crippen LogP contribution in [0.4, 0.5) is 0 Å². The molecule has 28 heavy (non-hydrogen) atoms. The van der Waals surface area contributed by atoms with Crippen molar-refractivity contribution in [1.29, 1.82) is 5.26 Å². The van der Waals surface area contributed by atoms with E-state index in [4.69, 9.17) is 10.00 Å². The highest BCUT2D eigenvalue weighted by molar-refractivity contribution is 7.09. The van der Waals surface area contributed by atoms with Crippen molar-refractivity contribution in [3.63, 3.8) is 0 Å². The molecule has 0 aliphatic rings. The highest BCUT2D eigenvalue weighted by Gasteiger charge is 2.03. The number of rotatable bonds is 7. The molecule has 140 valence electrons. The van der Waals surface area contributed by atoms with Crippen LogP contribution in [0.1, 0.15) is 16.1 Å².